The van der Waals surface area contributed by atoms with Crippen LogP contribution in [0.1, 0.15) is 18.7 Å². The minimum atomic E-state index is 0.519. The van der Waals surface area contributed by atoms with Gasteiger partial charge in [0.25, 0.3) is 5.22 Å². The van der Waals surface area contributed by atoms with Crippen molar-refractivity contribution in [1.82, 2.24) is 30.0 Å². The first-order valence-electron chi connectivity index (χ1n) is 6.89. The number of aromatic nitrogens is 5. The van der Waals surface area contributed by atoms with Gasteiger partial charge in [0.05, 0.1) is 11.9 Å². The van der Waals surface area contributed by atoms with Crippen molar-refractivity contribution in [2.45, 2.75) is 29.6 Å². The molecule has 108 valence electrons. The van der Waals surface area contributed by atoms with Crippen LogP contribution in [0.15, 0.2) is 33.3 Å². The molecule has 3 aromatic heterocycles. The maximum Gasteiger partial charge on any atom is 0.283 e. The van der Waals surface area contributed by atoms with Crippen molar-refractivity contribution in [3.8, 4) is 0 Å². The largest absolute Gasteiger partial charge is 0.414 e. The summed E-state index contributed by atoms with van der Waals surface area (Å²) >= 11 is 1.37. The molecule has 7 nitrogen and oxygen atoms in total. The number of aromatic amines is 1. The lowest BCUT2D eigenvalue weighted by molar-refractivity contribution is 0.278. The summed E-state index contributed by atoms with van der Waals surface area (Å²) in [6.45, 7) is 2.96. The average molecular weight is 302 g/mol. The van der Waals surface area contributed by atoms with Gasteiger partial charge >= 0.3 is 0 Å². The number of likely N-dealkylation sites (tertiary alicyclic amines) is 1. The second-order valence-electron chi connectivity index (χ2n) is 4.97. The van der Waals surface area contributed by atoms with Gasteiger partial charge in [-0.05, 0) is 43.8 Å². The fourth-order valence-electron chi connectivity index (χ4n) is 2.49. The SMILES string of the molecule is c1nc(Sc2nnc(CN3CCCC3)o2)c2cc[nH]c2n1. The fourth-order valence-corrected chi connectivity index (χ4v) is 3.25. The molecule has 1 aliphatic heterocycles. The van der Waals surface area contributed by atoms with E-state index in [-0.39, 0.29) is 0 Å². The van der Waals surface area contributed by atoms with Crippen LogP contribution in [-0.2, 0) is 6.54 Å². The van der Waals surface area contributed by atoms with Crippen LogP contribution in [0, 0.1) is 0 Å². The predicted molar refractivity (Wildman–Crippen MR) is 76.8 cm³/mol. The van der Waals surface area contributed by atoms with Crippen molar-refractivity contribution >= 4 is 22.8 Å². The third-order valence-corrected chi connectivity index (χ3v) is 4.37. The molecule has 0 unspecified atom stereocenters. The van der Waals surface area contributed by atoms with Crippen LogP contribution >= 0.6 is 11.8 Å². The van der Waals surface area contributed by atoms with Gasteiger partial charge in [0.1, 0.15) is 17.0 Å². The molecular formula is C13H14N6OS. The number of hydrogen-bond acceptors (Lipinski definition) is 7. The lowest BCUT2D eigenvalue weighted by Crippen LogP contribution is -2.18. The molecule has 0 atom stereocenters. The maximum absolute atomic E-state index is 5.70. The first-order chi connectivity index (χ1) is 10.4. The Morgan fingerprint density at radius 2 is 2.14 bits per heavy atom. The highest BCUT2D eigenvalue weighted by Gasteiger charge is 2.17. The summed E-state index contributed by atoms with van der Waals surface area (Å²) in [5.74, 6) is 0.666. The first-order valence-corrected chi connectivity index (χ1v) is 7.71. The minimum Gasteiger partial charge on any atom is -0.414 e. The zero-order valence-corrected chi connectivity index (χ0v) is 12.1. The molecule has 1 saturated heterocycles. The van der Waals surface area contributed by atoms with Crippen molar-refractivity contribution in [3.63, 3.8) is 0 Å². The van der Waals surface area contributed by atoms with Crippen molar-refractivity contribution in [3.05, 3.63) is 24.5 Å². The van der Waals surface area contributed by atoms with Gasteiger partial charge in [-0.3, -0.25) is 4.90 Å². The summed E-state index contributed by atoms with van der Waals surface area (Å²) in [6.07, 6.45) is 5.88. The Morgan fingerprint density at radius 3 is 3.05 bits per heavy atom. The standard InChI is InChI=1S/C13H14N6OS/c1-2-6-19(5-1)7-10-17-18-13(20-10)21-12-9-3-4-14-11(9)15-8-16-12/h3-4,8H,1-2,5-7H2,(H,14,15,16). The lowest BCUT2D eigenvalue weighted by atomic mass is 10.4. The Balaban J connectivity index is 1.52. The molecule has 0 aromatic carbocycles. The Kier molecular flexibility index (Phi) is 3.32. The number of nitrogens with one attached hydrogen (secondary N) is 1. The second kappa shape index (κ2) is 5.45. The molecule has 1 fully saturated rings. The monoisotopic (exact) mass is 302 g/mol. The molecule has 8 heteroatoms. The number of fused-ring (bicyclic) bond motifs is 1. The molecule has 3 aromatic rings. The Hall–Kier alpha value is -1.93. The predicted octanol–water partition coefficient (Wildman–Crippen LogP) is 2.09. The van der Waals surface area contributed by atoms with Crippen molar-refractivity contribution < 1.29 is 4.42 Å². The molecule has 4 rings (SSSR count). The van der Waals surface area contributed by atoms with Gasteiger partial charge in [0, 0.05) is 6.20 Å². The maximum atomic E-state index is 5.70. The van der Waals surface area contributed by atoms with Crippen LogP contribution < -0.4 is 0 Å². The minimum absolute atomic E-state index is 0.519. The fraction of sp³-hybridized carbons (Fsp3) is 0.385. The van der Waals surface area contributed by atoms with Gasteiger partial charge in [-0.1, -0.05) is 0 Å². The Morgan fingerprint density at radius 1 is 1.24 bits per heavy atom. The normalized spacial score (nSPS) is 16.0. The van der Waals surface area contributed by atoms with E-state index < -0.39 is 0 Å². The zero-order valence-electron chi connectivity index (χ0n) is 11.3. The van der Waals surface area contributed by atoms with E-state index in [9.17, 15) is 0 Å². The molecule has 0 saturated carbocycles. The summed E-state index contributed by atoms with van der Waals surface area (Å²) < 4.78 is 5.70. The van der Waals surface area contributed by atoms with E-state index in [0.717, 1.165) is 35.7 Å². The van der Waals surface area contributed by atoms with E-state index in [1.54, 1.807) is 0 Å². The van der Waals surface area contributed by atoms with Crippen molar-refractivity contribution in [2.24, 2.45) is 0 Å². The Labute approximate surface area is 125 Å². The van der Waals surface area contributed by atoms with Crippen LogP contribution in [0.4, 0.5) is 0 Å². The van der Waals surface area contributed by atoms with Crippen LogP contribution in [0.2, 0.25) is 0 Å². The van der Waals surface area contributed by atoms with Crippen LogP contribution in [0.25, 0.3) is 11.0 Å². The van der Waals surface area contributed by atoms with E-state index >= 15 is 0 Å². The quantitative estimate of drug-likeness (QED) is 0.739. The molecule has 1 N–H and O–H groups in total. The summed E-state index contributed by atoms with van der Waals surface area (Å²) in [7, 11) is 0. The highest BCUT2D eigenvalue weighted by molar-refractivity contribution is 7.99. The molecule has 0 spiro atoms. The van der Waals surface area contributed by atoms with Gasteiger partial charge in [-0.25, -0.2) is 9.97 Å². The summed E-state index contributed by atoms with van der Waals surface area (Å²) in [5, 5.41) is 10.5. The van der Waals surface area contributed by atoms with Gasteiger partial charge in [0.2, 0.25) is 5.89 Å². The van der Waals surface area contributed by atoms with Gasteiger partial charge in [-0.15, -0.1) is 10.2 Å². The van der Waals surface area contributed by atoms with Crippen LogP contribution in [-0.4, -0.2) is 43.1 Å². The zero-order chi connectivity index (χ0) is 14.1. The highest BCUT2D eigenvalue weighted by Crippen LogP contribution is 2.29. The van der Waals surface area contributed by atoms with E-state index in [1.165, 1.54) is 30.9 Å². The van der Waals surface area contributed by atoms with E-state index in [2.05, 4.69) is 30.0 Å². The van der Waals surface area contributed by atoms with Crippen molar-refractivity contribution in [1.29, 1.82) is 0 Å². The number of nitrogens with zero attached hydrogens (tertiary/aromatic N) is 5. The molecule has 0 amide bonds. The second-order valence-corrected chi connectivity index (χ2v) is 5.91. The van der Waals surface area contributed by atoms with Crippen molar-refractivity contribution in [2.75, 3.05) is 13.1 Å². The molecule has 0 radical (unpaired) electrons. The smallest absolute Gasteiger partial charge is 0.283 e. The molecular weight excluding hydrogens is 288 g/mol. The molecule has 0 aliphatic carbocycles. The topological polar surface area (TPSA) is 83.7 Å². The van der Waals surface area contributed by atoms with E-state index in [1.807, 2.05) is 12.3 Å². The summed E-state index contributed by atoms with van der Waals surface area (Å²) in [6, 6.07) is 1.94. The molecule has 0 bridgehead atoms. The molecule has 4 heterocycles. The Bertz CT molecular complexity index is 748. The van der Waals surface area contributed by atoms with E-state index in [4.69, 9.17) is 4.42 Å². The first kappa shape index (κ1) is 12.8. The molecule has 21 heavy (non-hydrogen) atoms. The number of hydrogen-bond donors (Lipinski definition) is 1. The average Bonchev–Trinajstić information content (AvgIpc) is 3.21. The number of rotatable bonds is 4. The third-order valence-electron chi connectivity index (χ3n) is 3.51. The van der Waals surface area contributed by atoms with Gasteiger partial charge in [-0.2, -0.15) is 0 Å². The van der Waals surface area contributed by atoms with Gasteiger partial charge in [0.15, 0.2) is 0 Å². The van der Waals surface area contributed by atoms with E-state index in [0.29, 0.717) is 11.1 Å². The third kappa shape index (κ3) is 2.64. The van der Waals surface area contributed by atoms with Crippen LogP contribution in [0.3, 0.4) is 0 Å². The molecule has 1 aliphatic rings. The van der Waals surface area contributed by atoms with Gasteiger partial charge < -0.3 is 9.40 Å². The summed E-state index contributed by atoms with van der Waals surface area (Å²) in [5.41, 5.74) is 0.810. The number of H-pyrrole nitrogens is 1. The van der Waals surface area contributed by atoms with Crippen LogP contribution in [0.5, 0.6) is 0 Å². The summed E-state index contributed by atoms with van der Waals surface area (Å²) in [4.78, 5) is 13.8. The highest BCUT2D eigenvalue weighted by atomic mass is 32.2. The lowest BCUT2D eigenvalue weighted by Gasteiger charge is -2.10.